The topological polar surface area (TPSA) is 90.9 Å². The van der Waals surface area contributed by atoms with Gasteiger partial charge in [-0.2, -0.15) is 5.10 Å². The third-order valence-corrected chi connectivity index (χ3v) is 3.48. The van der Waals surface area contributed by atoms with Crippen molar-refractivity contribution in [3.63, 3.8) is 0 Å². The van der Waals surface area contributed by atoms with Crippen LogP contribution < -0.4 is 4.90 Å². The zero-order chi connectivity index (χ0) is 13.9. The summed E-state index contributed by atoms with van der Waals surface area (Å²) in [5.41, 5.74) is 0. The van der Waals surface area contributed by atoms with Crippen molar-refractivity contribution in [3.8, 4) is 0 Å². The van der Waals surface area contributed by atoms with Crippen LogP contribution in [-0.2, 0) is 0 Å². The zero-order valence-corrected chi connectivity index (χ0v) is 12.1. The SMILES string of the molecule is O=C(c1ncn[nH]1)N1CCN(c2ncc(Br)cn2)CC1. The van der Waals surface area contributed by atoms with Crippen LogP contribution in [0.15, 0.2) is 23.2 Å². The lowest BCUT2D eigenvalue weighted by molar-refractivity contribution is 0.0734. The minimum Gasteiger partial charge on any atom is -0.337 e. The van der Waals surface area contributed by atoms with Gasteiger partial charge in [0.25, 0.3) is 5.91 Å². The molecule has 2 aromatic rings. The minimum atomic E-state index is -0.126. The summed E-state index contributed by atoms with van der Waals surface area (Å²) in [6.45, 7) is 2.61. The molecule has 0 aromatic carbocycles. The van der Waals surface area contributed by atoms with Crippen LogP contribution in [0.2, 0.25) is 0 Å². The number of carbonyl (C=O) groups is 1. The van der Waals surface area contributed by atoms with E-state index in [1.165, 1.54) is 6.33 Å². The summed E-state index contributed by atoms with van der Waals surface area (Å²) in [6, 6.07) is 0. The fourth-order valence-corrected chi connectivity index (χ4v) is 2.24. The van der Waals surface area contributed by atoms with E-state index >= 15 is 0 Å². The Bertz CT molecular complexity index is 577. The molecule has 1 fully saturated rings. The van der Waals surface area contributed by atoms with E-state index in [0.717, 1.165) is 4.47 Å². The molecule has 1 N–H and O–H groups in total. The molecule has 3 heterocycles. The molecule has 2 aromatic heterocycles. The highest BCUT2D eigenvalue weighted by Gasteiger charge is 2.24. The first-order valence-corrected chi connectivity index (χ1v) is 6.90. The van der Waals surface area contributed by atoms with Crippen molar-refractivity contribution in [1.29, 1.82) is 0 Å². The van der Waals surface area contributed by atoms with Gasteiger partial charge in [0, 0.05) is 38.6 Å². The Morgan fingerprint density at radius 1 is 1.15 bits per heavy atom. The van der Waals surface area contributed by atoms with Crippen molar-refractivity contribution >= 4 is 27.8 Å². The Balaban J connectivity index is 1.62. The number of rotatable bonds is 2. The zero-order valence-electron chi connectivity index (χ0n) is 10.5. The molecule has 104 valence electrons. The maximum atomic E-state index is 12.1. The summed E-state index contributed by atoms with van der Waals surface area (Å²) < 4.78 is 0.848. The molecule has 8 nitrogen and oxygen atoms in total. The lowest BCUT2D eigenvalue weighted by atomic mass is 10.3. The van der Waals surface area contributed by atoms with Crippen LogP contribution in [0.25, 0.3) is 0 Å². The molecule has 0 atom stereocenters. The number of amides is 1. The number of anilines is 1. The van der Waals surface area contributed by atoms with E-state index in [4.69, 9.17) is 0 Å². The molecule has 0 radical (unpaired) electrons. The van der Waals surface area contributed by atoms with Gasteiger partial charge in [0.05, 0.1) is 4.47 Å². The number of hydrogen-bond acceptors (Lipinski definition) is 6. The van der Waals surface area contributed by atoms with E-state index in [0.29, 0.717) is 32.1 Å². The smallest absolute Gasteiger partial charge is 0.291 e. The third kappa shape index (κ3) is 2.62. The van der Waals surface area contributed by atoms with Crippen molar-refractivity contribution in [3.05, 3.63) is 29.0 Å². The van der Waals surface area contributed by atoms with Crippen LogP contribution in [0, 0.1) is 0 Å². The average molecular weight is 338 g/mol. The normalized spacial score (nSPS) is 15.4. The van der Waals surface area contributed by atoms with E-state index in [1.807, 2.05) is 0 Å². The summed E-state index contributed by atoms with van der Waals surface area (Å²) in [4.78, 5) is 28.3. The predicted octanol–water partition coefficient (Wildman–Crippen LogP) is 0.320. The molecule has 1 aliphatic heterocycles. The first kappa shape index (κ1) is 13.0. The van der Waals surface area contributed by atoms with Crippen molar-refractivity contribution in [2.75, 3.05) is 31.1 Å². The first-order chi connectivity index (χ1) is 9.74. The van der Waals surface area contributed by atoms with Gasteiger partial charge in [-0.25, -0.2) is 15.0 Å². The van der Waals surface area contributed by atoms with E-state index < -0.39 is 0 Å². The number of carbonyl (C=O) groups excluding carboxylic acids is 1. The average Bonchev–Trinajstić information content (AvgIpc) is 3.02. The maximum Gasteiger partial charge on any atom is 0.291 e. The number of halogens is 1. The molecule has 1 saturated heterocycles. The summed E-state index contributed by atoms with van der Waals surface area (Å²) in [7, 11) is 0. The predicted molar refractivity (Wildman–Crippen MR) is 74.2 cm³/mol. The van der Waals surface area contributed by atoms with Crippen LogP contribution >= 0.6 is 15.9 Å². The number of nitrogens with zero attached hydrogens (tertiary/aromatic N) is 6. The molecule has 0 spiro atoms. The van der Waals surface area contributed by atoms with Crippen molar-refractivity contribution < 1.29 is 4.79 Å². The molecule has 20 heavy (non-hydrogen) atoms. The molecular weight excluding hydrogens is 326 g/mol. The van der Waals surface area contributed by atoms with Gasteiger partial charge in [-0.3, -0.25) is 9.89 Å². The van der Waals surface area contributed by atoms with E-state index in [-0.39, 0.29) is 11.7 Å². The number of aromatic nitrogens is 5. The molecular formula is C11H12BrN7O. The molecule has 0 unspecified atom stereocenters. The van der Waals surface area contributed by atoms with Crippen LogP contribution in [0.1, 0.15) is 10.6 Å². The van der Waals surface area contributed by atoms with Crippen LogP contribution in [0.4, 0.5) is 5.95 Å². The fraction of sp³-hybridized carbons (Fsp3) is 0.364. The summed E-state index contributed by atoms with van der Waals surface area (Å²) in [5.74, 6) is 0.831. The second-order valence-electron chi connectivity index (χ2n) is 4.31. The molecule has 1 amide bonds. The number of aromatic amines is 1. The Hall–Kier alpha value is -2.03. The van der Waals surface area contributed by atoms with Gasteiger partial charge in [-0.05, 0) is 15.9 Å². The number of piperazine rings is 1. The second kappa shape index (κ2) is 5.53. The molecule has 0 bridgehead atoms. The van der Waals surface area contributed by atoms with Gasteiger partial charge < -0.3 is 9.80 Å². The van der Waals surface area contributed by atoms with Crippen molar-refractivity contribution in [2.24, 2.45) is 0 Å². The van der Waals surface area contributed by atoms with Crippen LogP contribution in [0.3, 0.4) is 0 Å². The summed E-state index contributed by atoms with van der Waals surface area (Å²) in [6.07, 6.45) is 4.77. The van der Waals surface area contributed by atoms with Crippen molar-refractivity contribution in [1.82, 2.24) is 30.0 Å². The molecule has 3 rings (SSSR count). The monoisotopic (exact) mass is 337 g/mol. The Morgan fingerprint density at radius 2 is 1.85 bits per heavy atom. The largest absolute Gasteiger partial charge is 0.337 e. The van der Waals surface area contributed by atoms with E-state index in [9.17, 15) is 4.79 Å². The fourth-order valence-electron chi connectivity index (χ4n) is 2.04. The Kier molecular flexibility index (Phi) is 3.59. The van der Waals surface area contributed by atoms with E-state index in [2.05, 4.69) is 46.0 Å². The number of nitrogens with one attached hydrogen (secondary N) is 1. The summed E-state index contributed by atoms with van der Waals surface area (Å²) in [5, 5.41) is 6.28. The highest BCUT2D eigenvalue weighted by Crippen LogP contribution is 2.13. The molecule has 9 heteroatoms. The lowest BCUT2D eigenvalue weighted by Crippen LogP contribution is -2.49. The standard InChI is InChI=1S/C11H12BrN7O/c12-8-5-13-11(14-6-8)19-3-1-18(2-4-19)10(20)9-15-7-16-17-9/h5-7H,1-4H2,(H,15,16,17). The number of H-pyrrole nitrogens is 1. The lowest BCUT2D eigenvalue weighted by Gasteiger charge is -2.34. The van der Waals surface area contributed by atoms with Gasteiger partial charge in [0.1, 0.15) is 6.33 Å². The third-order valence-electron chi connectivity index (χ3n) is 3.07. The molecule has 1 aliphatic rings. The van der Waals surface area contributed by atoms with Gasteiger partial charge >= 0.3 is 0 Å². The van der Waals surface area contributed by atoms with Gasteiger partial charge in [0.15, 0.2) is 0 Å². The highest BCUT2D eigenvalue weighted by atomic mass is 79.9. The highest BCUT2D eigenvalue weighted by molar-refractivity contribution is 9.10. The van der Waals surface area contributed by atoms with Crippen molar-refractivity contribution in [2.45, 2.75) is 0 Å². The Morgan fingerprint density at radius 3 is 2.45 bits per heavy atom. The maximum absolute atomic E-state index is 12.1. The van der Waals surface area contributed by atoms with Gasteiger partial charge in [-0.1, -0.05) is 0 Å². The molecule has 0 saturated carbocycles. The van der Waals surface area contributed by atoms with Gasteiger partial charge in [0.2, 0.25) is 11.8 Å². The second-order valence-corrected chi connectivity index (χ2v) is 5.23. The summed E-state index contributed by atoms with van der Waals surface area (Å²) >= 11 is 3.31. The quantitative estimate of drug-likeness (QED) is 0.848. The van der Waals surface area contributed by atoms with E-state index in [1.54, 1.807) is 17.3 Å². The number of hydrogen-bond donors (Lipinski definition) is 1. The first-order valence-electron chi connectivity index (χ1n) is 6.11. The minimum absolute atomic E-state index is 0.126. The van der Waals surface area contributed by atoms with Crippen LogP contribution in [0.5, 0.6) is 0 Å². The Labute approximate surface area is 123 Å². The van der Waals surface area contributed by atoms with Gasteiger partial charge in [-0.15, -0.1) is 0 Å². The van der Waals surface area contributed by atoms with Crippen LogP contribution in [-0.4, -0.2) is 62.1 Å². The molecule has 0 aliphatic carbocycles.